The number of hydrogen-bond acceptors (Lipinski definition) is 7. The molecule has 1 N–H and O–H groups in total. The first-order valence-electron chi connectivity index (χ1n) is 8.18. The summed E-state index contributed by atoms with van der Waals surface area (Å²) in [5, 5.41) is 17.8. The number of halogens is 1. The quantitative estimate of drug-likeness (QED) is 0.624. The monoisotopic (exact) mass is 395 g/mol. The highest BCUT2D eigenvalue weighted by atomic mass is 32.2. The van der Waals surface area contributed by atoms with E-state index in [4.69, 9.17) is 4.84 Å². The average Bonchev–Trinajstić information content (AvgIpc) is 2.99. The fraction of sp³-hybridized carbons (Fsp3) is 0.353. The molecule has 0 atom stereocenters. The lowest BCUT2D eigenvalue weighted by molar-refractivity contribution is 0.103. The Kier molecular flexibility index (Phi) is 4.77. The van der Waals surface area contributed by atoms with Crippen LogP contribution in [0.25, 0.3) is 0 Å². The highest BCUT2D eigenvalue weighted by Gasteiger charge is 2.35. The van der Waals surface area contributed by atoms with E-state index in [0.717, 1.165) is 6.07 Å². The van der Waals surface area contributed by atoms with Gasteiger partial charge in [0.2, 0.25) is 5.88 Å². The molecule has 0 saturated heterocycles. The number of aromatic hydroxyl groups is 1. The van der Waals surface area contributed by atoms with Gasteiger partial charge in [0.05, 0.1) is 17.7 Å². The van der Waals surface area contributed by atoms with Crippen LogP contribution in [-0.4, -0.2) is 47.7 Å². The second-order valence-electron chi connectivity index (χ2n) is 6.05. The van der Waals surface area contributed by atoms with Gasteiger partial charge in [0.25, 0.3) is 0 Å². The summed E-state index contributed by atoms with van der Waals surface area (Å²) in [7, 11) is -2.55. The van der Waals surface area contributed by atoms with E-state index in [2.05, 4.69) is 10.3 Å². The molecule has 0 radical (unpaired) electrons. The molecule has 0 bridgehead atoms. The maximum Gasteiger partial charge on any atom is 0.220 e. The lowest BCUT2D eigenvalue weighted by atomic mass is 9.93. The van der Waals surface area contributed by atoms with Crippen LogP contribution in [0.4, 0.5) is 4.39 Å². The molecule has 144 valence electrons. The first-order valence-corrected chi connectivity index (χ1v) is 9.83. The fourth-order valence-electron chi connectivity index (χ4n) is 3.19. The summed E-state index contributed by atoms with van der Waals surface area (Å²) in [5.74, 6) is -2.33. The Bertz CT molecular complexity index is 1070. The highest BCUT2D eigenvalue weighted by Crippen LogP contribution is 2.34. The molecule has 1 aromatic heterocycles. The van der Waals surface area contributed by atoms with Crippen LogP contribution in [-0.2, 0) is 21.2 Å². The first-order chi connectivity index (χ1) is 12.7. The van der Waals surface area contributed by atoms with Crippen LogP contribution in [0.2, 0.25) is 0 Å². The molecule has 0 unspecified atom stereocenters. The zero-order chi connectivity index (χ0) is 19.9. The largest absolute Gasteiger partial charge is 0.493 e. The van der Waals surface area contributed by atoms with Crippen molar-refractivity contribution < 1.29 is 27.5 Å². The van der Waals surface area contributed by atoms with Crippen molar-refractivity contribution in [3.63, 3.8) is 0 Å². The van der Waals surface area contributed by atoms with Crippen molar-refractivity contribution in [1.82, 2.24) is 9.78 Å². The van der Waals surface area contributed by atoms with Crippen molar-refractivity contribution in [1.29, 1.82) is 0 Å². The SMILES string of the molecule is CCn1ncc(C(=O)c2cc(F)c3c(c2C)C(=NOC)CCS3(=O)=O)c1O. The van der Waals surface area contributed by atoms with E-state index in [0.29, 0.717) is 6.54 Å². The maximum absolute atomic E-state index is 14.8. The van der Waals surface area contributed by atoms with Crippen molar-refractivity contribution in [3.8, 4) is 5.88 Å². The Morgan fingerprint density at radius 2 is 2.15 bits per heavy atom. The maximum atomic E-state index is 14.8. The number of sulfone groups is 1. The second kappa shape index (κ2) is 6.76. The van der Waals surface area contributed by atoms with E-state index in [-0.39, 0.29) is 46.0 Å². The van der Waals surface area contributed by atoms with Crippen LogP contribution >= 0.6 is 0 Å². The van der Waals surface area contributed by atoms with Gasteiger partial charge in [-0.05, 0) is 25.5 Å². The van der Waals surface area contributed by atoms with Gasteiger partial charge in [0, 0.05) is 24.1 Å². The third kappa shape index (κ3) is 2.99. The zero-order valence-corrected chi connectivity index (χ0v) is 15.8. The predicted molar refractivity (Wildman–Crippen MR) is 94.4 cm³/mol. The molecule has 0 fully saturated rings. The zero-order valence-electron chi connectivity index (χ0n) is 15.0. The van der Waals surface area contributed by atoms with E-state index < -0.39 is 26.3 Å². The number of hydrogen-bond donors (Lipinski definition) is 1. The first kappa shape index (κ1) is 19.0. The molecule has 27 heavy (non-hydrogen) atoms. The average molecular weight is 395 g/mol. The molecular formula is C17H18FN3O5S. The van der Waals surface area contributed by atoms with Crippen LogP contribution in [0.15, 0.2) is 22.3 Å². The summed E-state index contributed by atoms with van der Waals surface area (Å²) in [6.45, 7) is 3.60. The van der Waals surface area contributed by atoms with E-state index >= 15 is 0 Å². The van der Waals surface area contributed by atoms with E-state index in [9.17, 15) is 22.7 Å². The third-order valence-electron chi connectivity index (χ3n) is 4.50. The summed E-state index contributed by atoms with van der Waals surface area (Å²) in [6, 6.07) is 0.881. The number of nitrogens with zero attached hydrogens (tertiary/aromatic N) is 3. The molecule has 0 aliphatic carbocycles. The van der Waals surface area contributed by atoms with Crippen molar-refractivity contribution >= 4 is 21.3 Å². The van der Waals surface area contributed by atoms with Crippen LogP contribution in [0.5, 0.6) is 5.88 Å². The normalized spacial score (nSPS) is 17.0. The number of carbonyl (C=O) groups is 1. The van der Waals surface area contributed by atoms with E-state index in [1.165, 1.54) is 24.9 Å². The van der Waals surface area contributed by atoms with Gasteiger partial charge in [-0.2, -0.15) is 5.10 Å². The van der Waals surface area contributed by atoms with Gasteiger partial charge in [-0.15, -0.1) is 0 Å². The van der Waals surface area contributed by atoms with Gasteiger partial charge >= 0.3 is 0 Å². The van der Waals surface area contributed by atoms with Crippen molar-refractivity contribution in [3.05, 3.63) is 40.3 Å². The molecule has 1 aliphatic heterocycles. The minimum absolute atomic E-state index is 0.0359. The summed E-state index contributed by atoms with van der Waals surface area (Å²) < 4.78 is 40.7. The van der Waals surface area contributed by atoms with Crippen molar-refractivity contribution in [2.24, 2.45) is 5.16 Å². The molecule has 0 amide bonds. The summed E-state index contributed by atoms with van der Waals surface area (Å²) in [4.78, 5) is 17.2. The number of oxime groups is 1. The van der Waals surface area contributed by atoms with Crippen LogP contribution < -0.4 is 0 Å². The van der Waals surface area contributed by atoms with Crippen LogP contribution in [0, 0.1) is 12.7 Å². The molecule has 8 nitrogen and oxygen atoms in total. The third-order valence-corrected chi connectivity index (χ3v) is 6.27. The Balaban J connectivity index is 2.27. The standard InChI is InChI=1S/C17H18FN3O5S/c1-4-21-17(23)11(8-19-21)15(22)10-7-12(18)16-14(9(10)2)13(20-26-3)5-6-27(16,24)25/h7-8,23H,4-6H2,1-3H3. The minimum Gasteiger partial charge on any atom is -0.493 e. The summed E-state index contributed by atoms with van der Waals surface area (Å²) >= 11 is 0. The molecule has 1 aromatic carbocycles. The predicted octanol–water partition coefficient (Wildman–Crippen LogP) is 1.82. The van der Waals surface area contributed by atoms with Gasteiger partial charge in [-0.25, -0.2) is 17.5 Å². The summed E-state index contributed by atoms with van der Waals surface area (Å²) in [5.41, 5.74) is 0.371. The van der Waals surface area contributed by atoms with Crippen LogP contribution in [0.1, 0.15) is 40.4 Å². The number of carbonyl (C=O) groups excluding carboxylic acids is 1. The second-order valence-corrected chi connectivity index (χ2v) is 8.10. The number of fused-ring (bicyclic) bond motifs is 1. The smallest absolute Gasteiger partial charge is 0.220 e. The summed E-state index contributed by atoms with van der Waals surface area (Å²) in [6.07, 6.45) is 1.24. The molecule has 1 aliphatic rings. The van der Waals surface area contributed by atoms with Gasteiger partial charge in [-0.1, -0.05) is 5.16 Å². The molecule has 2 aromatic rings. The lowest BCUT2D eigenvalue weighted by Crippen LogP contribution is -2.26. The fourth-order valence-corrected chi connectivity index (χ4v) is 4.79. The van der Waals surface area contributed by atoms with E-state index in [1.807, 2.05) is 0 Å². The van der Waals surface area contributed by atoms with Gasteiger partial charge in [-0.3, -0.25) is 4.79 Å². The Labute approximate surface area is 155 Å². The molecule has 0 saturated carbocycles. The van der Waals surface area contributed by atoms with Gasteiger partial charge < -0.3 is 9.94 Å². The Morgan fingerprint density at radius 3 is 2.74 bits per heavy atom. The number of benzene rings is 1. The number of aromatic nitrogens is 2. The Hall–Kier alpha value is -2.75. The molecule has 2 heterocycles. The molecule has 3 rings (SSSR count). The van der Waals surface area contributed by atoms with Crippen molar-refractivity contribution in [2.45, 2.75) is 31.7 Å². The Morgan fingerprint density at radius 1 is 1.44 bits per heavy atom. The highest BCUT2D eigenvalue weighted by molar-refractivity contribution is 7.91. The molecule has 0 spiro atoms. The minimum atomic E-state index is -3.85. The van der Waals surface area contributed by atoms with Crippen LogP contribution in [0.3, 0.4) is 0 Å². The number of aryl methyl sites for hydroxylation is 1. The molecular weight excluding hydrogens is 377 g/mol. The molecule has 10 heteroatoms. The lowest BCUT2D eigenvalue weighted by Gasteiger charge is -2.22. The number of ketones is 1. The van der Waals surface area contributed by atoms with E-state index in [1.54, 1.807) is 6.92 Å². The number of rotatable bonds is 4. The van der Waals surface area contributed by atoms with Crippen molar-refractivity contribution in [2.75, 3.05) is 12.9 Å². The van der Waals surface area contributed by atoms with Gasteiger partial charge in [0.15, 0.2) is 15.6 Å². The topological polar surface area (TPSA) is 111 Å². The van der Waals surface area contributed by atoms with Gasteiger partial charge in [0.1, 0.15) is 23.4 Å².